The molecule has 0 saturated carbocycles. The van der Waals surface area contributed by atoms with E-state index < -0.39 is 12.1 Å². The normalized spacial score (nSPS) is 11.6. The van der Waals surface area contributed by atoms with Crippen LogP contribution in [0.1, 0.15) is 11.7 Å². The second-order valence-electron chi connectivity index (χ2n) is 5.46. The van der Waals surface area contributed by atoms with Crippen LogP contribution in [0, 0.1) is 0 Å². The van der Waals surface area contributed by atoms with Gasteiger partial charge in [0.25, 0.3) is 0 Å². The number of hydrogen-bond donors (Lipinski definition) is 0. The SMILES string of the molecule is COC(=O)C(Oc1ccc(Cl)cc1)c1ccc(Sc2ccccc2)cc1. The van der Waals surface area contributed by atoms with Crippen LogP contribution < -0.4 is 4.74 Å². The van der Waals surface area contributed by atoms with Gasteiger partial charge in [0.15, 0.2) is 0 Å². The molecule has 1 atom stereocenters. The van der Waals surface area contributed by atoms with E-state index >= 15 is 0 Å². The smallest absolute Gasteiger partial charge is 0.351 e. The number of carbonyl (C=O) groups excluding carboxylic acids is 1. The number of benzene rings is 3. The van der Waals surface area contributed by atoms with Crippen molar-refractivity contribution in [3.63, 3.8) is 0 Å². The van der Waals surface area contributed by atoms with E-state index in [1.807, 2.05) is 42.5 Å². The van der Waals surface area contributed by atoms with Crippen LogP contribution in [-0.2, 0) is 9.53 Å². The molecule has 0 heterocycles. The highest BCUT2D eigenvalue weighted by molar-refractivity contribution is 7.99. The molecule has 132 valence electrons. The Balaban J connectivity index is 1.78. The first kappa shape index (κ1) is 18.4. The molecule has 0 spiro atoms. The van der Waals surface area contributed by atoms with Crippen molar-refractivity contribution in [3.05, 3.63) is 89.4 Å². The second-order valence-corrected chi connectivity index (χ2v) is 7.04. The van der Waals surface area contributed by atoms with Crippen molar-refractivity contribution >= 4 is 29.3 Å². The average Bonchev–Trinajstić information content (AvgIpc) is 2.68. The van der Waals surface area contributed by atoms with Gasteiger partial charge < -0.3 is 9.47 Å². The summed E-state index contributed by atoms with van der Waals surface area (Å²) >= 11 is 7.55. The van der Waals surface area contributed by atoms with E-state index in [1.165, 1.54) is 7.11 Å². The van der Waals surface area contributed by atoms with E-state index in [9.17, 15) is 4.79 Å². The average molecular weight is 385 g/mol. The molecule has 0 N–H and O–H groups in total. The molecular formula is C21H17ClO3S. The molecule has 5 heteroatoms. The third-order valence-electron chi connectivity index (χ3n) is 3.64. The minimum atomic E-state index is -0.836. The maximum atomic E-state index is 12.2. The number of hydrogen-bond acceptors (Lipinski definition) is 4. The number of carbonyl (C=O) groups is 1. The Morgan fingerprint density at radius 3 is 2.12 bits per heavy atom. The molecule has 3 aromatic rings. The Morgan fingerprint density at radius 1 is 0.885 bits per heavy atom. The number of rotatable bonds is 6. The van der Waals surface area contributed by atoms with Gasteiger partial charge in [0, 0.05) is 20.4 Å². The first-order chi connectivity index (χ1) is 12.7. The van der Waals surface area contributed by atoms with Gasteiger partial charge in [-0.3, -0.25) is 0 Å². The van der Waals surface area contributed by atoms with Crippen molar-refractivity contribution in [2.45, 2.75) is 15.9 Å². The van der Waals surface area contributed by atoms with Gasteiger partial charge in [0.2, 0.25) is 6.10 Å². The standard InChI is InChI=1S/C21H17ClO3S/c1-24-21(23)20(25-17-11-9-16(22)10-12-17)15-7-13-19(14-8-15)26-18-5-3-2-4-6-18/h2-14,20H,1H3. The van der Waals surface area contributed by atoms with Crippen molar-refractivity contribution in [2.75, 3.05) is 7.11 Å². The highest BCUT2D eigenvalue weighted by atomic mass is 35.5. The lowest BCUT2D eigenvalue weighted by atomic mass is 10.1. The predicted molar refractivity (Wildman–Crippen MR) is 104 cm³/mol. The molecule has 3 aromatic carbocycles. The summed E-state index contributed by atoms with van der Waals surface area (Å²) in [4.78, 5) is 14.4. The van der Waals surface area contributed by atoms with Crippen molar-refractivity contribution in [3.8, 4) is 5.75 Å². The first-order valence-electron chi connectivity index (χ1n) is 7.98. The summed E-state index contributed by atoms with van der Waals surface area (Å²) in [5.74, 6) is 0.0935. The number of halogens is 1. The highest BCUT2D eigenvalue weighted by Gasteiger charge is 2.23. The van der Waals surface area contributed by atoms with Crippen LogP contribution in [0.5, 0.6) is 5.75 Å². The minimum Gasteiger partial charge on any atom is -0.474 e. The molecule has 0 bridgehead atoms. The molecule has 0 aliphatic heterocycles. The van der Waals surface area contributed by atoms with E-state index in [0.717, 1.165) is 15.4 Å². The fourth-order valence-electron chi connectivity index (χ4n) is 2.34. The van der Waals surface area contributed by atoms with Gasteiger partial charge in [0.1, 0.15) is 5.75 Å². The quantitative estimate of drug-likeness (QED) is 0.504. The second kappa shape index (κ2) is 8.79. The highest BCUT2D eigenvalue weighted by Crippen LogP contribution is 2.30. The zero-order valence-electron chi connectivity index (χ0n) is 14.1. The summed E-state index contributed by atoms with van der Waals surface area (Å²) in [6, 6.07) is 24.7. The van der Waals surface area contributed by atoms with Gasteiger partial charge in [-0.25, -0.2) is 4.79 Å². The van der Waals surface area contributed by atoms with Crippen LogP contribution >= 0.6 is 23.4 Å². The molecule has 1 unspecified atom stereocenters. The summed E-state index contributed by atoms with van der Waals surface area (Å²) in [5, 5.41) is 0.606. The lowest BCUT2D eigenvalue weighted by Gasteiger charge is -2.17. The molecule has 0 aliphatic carbocycles. The Labute approximate surface area is 161 Å². The molecule has 0 aromatic heterocycles. The van der Waals surface area contributed by atoms with Crippen molar-refractivity contribution in [1.29, 1.82) is 0 Å². The molecule has 0 radical (unpaired) electrons. The lowest BCUT2D eigenvalue weighted by molar-refractivity contribution is -0.149. The van der Waals surface area contributed by atoms with E-state index in [1.54, 1.807) is 36.0 Å². The molecule has 0 amide bonds. The summed E-state index contributed by atoms with van der Waals surface area (Å²) < 4.78 is 10.7. The lowest BCUT2D eigenvalue weighted by Crippen LogP contribution is -2.20. The number of esters is 1. The van der Waals surface area contributed by atoms with Crippen molar-refractivity contribution in [2.24, 2.45) is 0 Å². The summed E-state index contributed by atoms with van der Waals surface area (Å²) in [6.45, 7) is 0. The van der Waals surface area contributed by atoms with E-state index in [2.05, 4.69) is 12.1 Å². The molecular weight excluding hydrogens is 368 g/mol. The maximum Gasteiger partial charge on any atom is 0.351 e. The molecule has 3 rings (SSSR count). The van der Waals surface area contributed by atoms with Crippen LogP contribution in [0.4, 0.5) is 0 Å². The van der Waals surface area contributed by atoms with Gasteiger partial charge in [-0.1, -0.05) is 53.7 Å². The Hall–Kier alpha value is -2.43. The van der Waals surface area contributed by atoms with Gasteiger partial charge in [-0.15, -0.1) is 0 Å². The topological polar surface area (TPSA) is 35.5 Å². The molecule has 0 saturated heterocycles. The number of ether oxygens (including phenoxy) is 2. The molecule has 0 aliphatic rings. The predicted octanol–water partition coefficient (Wildman–Crippen LogP) is 5.78. The first-order valence-corrected chi connectivity index (χ1v) is 9.18. The minimum absolute atomic E-state index is 0.455. The third-order valence-corrected chi connectivity index (χ3v) is 4.91. The van der Waals surface area contributed by atoms with Crippen LogP contribution in [-0.4, -0.2) is 13.1 Å². The Kier molecular flexibility index (Phi) is 6.21. The van der Waals surface area contributed by atoms with Crippen LogP contribution in [0.25, 0.3) is 0 Å². The fourth-order valence-corrected chi connectivity index (χ4v) is 3.31. The van der Waals surface area contributed by atoms with E-state index in [4.69, 9.17) is 21.1 Å². The van der Waals surface area contributed by atoms with E-state index in [0.29, 0.717) is 10.8 Å². The molecule has 26 heavy (non-hydrogen) atoms. The Morgan fingerprint density at radius 2 is 1.50 bits per heavy atom. The van der Waals surface area contributed by atoms with Crippen LogP contribution in [0.3, 0.4) is 0 Å². The maximum absolute atomic E-state index is 12.2. The molecule has 0 fully saturated rings. The summed E-state index contributed by atoms with van der Waals surface area (Å²) in [7, 11) is 1.35. The van der Waals surface area contributed by atoms with Crippen LogP contribution in [0.2, 0.25) is 5.02 Å². The van der Waals surface area contributed by atoms with E-state index in [-0.39, 0.29) is 0 Å². The van der Waals surface area contributed by atoms with Crippen molar-refractivity contribution < 1.29 is 14.3 Å². The van der Waals surface area contributed by atoms with Crippen molar-refractivity contribution in [1.82, 2.24) is 0 Å². The molecule has 3 nitrogen and oxygen atoms in total. The summed E-state index contributed by atoms with van der Waals surface area (Å²) in [5.41, 5.74) is 0.726. The zero-order chi connectivity index (χ0) is 18.4. The number of methoxy groups -OCH3 is 1. The third kappa shape index (κ3) is 4.81. The monoisotopic (exact) mass is 384 g/mol. The zero-order valence-corrected chi connectivity index (χ0v) is 15.7. The van der Waals surface area contributed by atoms with Gasteiger partial charge in [0.05, 0.1) is 7.11 Å². The van der Waals surface area contributed by atoms with Gasteiger partial charge >= 0.3 is 5.97 Å². The Bertz CT molecular complexity index is 849. The largest absolute Gasteiger partial charge is 0.474 e. The summed E-state index contributed by atoms with van der Waals surface area (Å²) in [6.07, 6.45) is -0.836. The van der Waals surface area contributed by atoms with Crippen LogP contribution in [0.15, 0.2) is 88.7 Å². The van der Waals surface area contributed by atoms with Gasteiger partial charge in [-0.05, 0) is 48.5 Å². The fraction of sp³-hybridized carbons (Fsp3) is 0.0952. The van der Waals surface area contributed by atoms with Gasteiger partial charge in [-0.2, -0.15) is 0 Å².